The Morgan fingerprint density at radius 2 is 2.20 bits per heavy atom. The minimum Gasteiger partial charge on any atom is -0.369 e. The number of aryl methyl sites for hydroxylation is 1. The van der Waals surface area contributed by atoms with Crippen molar-refractivity contribution >= 4 is 21.7 Å². The van der Waals surface area contributed by atoms with Crippen LogP contribution in [0.25, 0.3) is 11.5 Å². The van der Waals surface area contributed by atoms with Crippen LogP contribution in [-0.2, 0) is 7.05 Å². The number of anilines is 1. The van der Waals surface area contributed by atoms with Crippen LogP contribution in [0.4, 0.5) is 5.82 Å². The molecule has 1 aliphatic rings. The highest BCUT2D eigenvalue weighted by Crippen LogP contribution is 2.44. The molecular weight excluding hydrogens is 318 g/mol. The van der Waals surface area contributed by atoms with E-state index < -0.39 is 0 Å². The molecule has 2 aromatic heterocycles. The van der Waals surface area contributed by atoms with Crippen LogP contribution >= 0.6 is 15.9 Å². The van der Waals surface area contributed by atoms with Crippen LogP contribution in [0.1, 0.15) is 37.8 Å². The number of nitrogens with one attached hydrogen (secondary N) is 1. The maximum atomic E-state index is 4.75. The quantitative estimate of drug-likeness (QED) is 0.910. The van der Waals surface area contributed by atoms with E-state index in [2.05, 4.69) is 38.1 Å². The zero-order chi connectivity index (χ0) is 14.1. The van der Waals surface area contributed by atoms with Crippen LogP contribution in [-0.4, -0.2) is 26.1 Å². The summed E-state index contributed by atoms with van der Waals surface area (Å²) in [6.45, 7) is 3.05. The molecule has 0 amide bonds. The Morgan fingerprint density at radius 3 is 2.80 bits per heavy atom. The average molecular weight is 336 g/mol. The van der Waals surface area contributed by atoms with Crippen molar-refractivity contribution in [3.05, 3.63) is 22.7 Å². The third kappa shape index (κ3) is 2.57. The summed E-state index contributed by atoms with van der Waals surface area (Å²) >= 11 is 3.66. The van der Waals surface area contributed by atoms with Crippen LogP contribution in [0, 0.1) is 0 Å². The maximum absolute atomic E-state index is 4.75. The zero-order valence-corrected chi connectivity index (χ0v) is 13.3. The minimum atomic E-state index is 0.571. The lowest BCUT2D eigenvalue weighted by Gasteiger charge is -2.12. The topological polar surface area (TPSA) is 55.6 Å². The Morgan fingerprint density at radius 1 is 1.40 bits per heavy atom. The molecule has 1 fully saturated rings. The van der Waals surface area contributed by atoms with Crippen molar-refractivity contribution in [3.8, 4) is 11.5 Å². The number of hydrogen-bond donors (Lipinski definition) is 1. The Balaban J connectivity index is 2.06. The lowest BCUT2D eigenvalue weighted by Crippen LogP contribution is -2.08. The molecule has 1 saturated carbocycles. The first-order chi connectivity index (χ1) is 9.70. The second kappa shape index (κ2) is 5.52. The summed E-state index contributed by atoms with van der Waals surface area (Å²) in [6, 6.07) is 0. The first-order valence-corrected chi connectivity index (χ1v) is 7.78. The Kier molecular flexibility index (Phi) is 3.74. The van der Waals surface area contributed by atoms with Gasteiger partial charge in [0, 0.05) is 19.5 Å². The Hall–Kier alpha value is -1.43. The predicted octanol–water partition coefficient (Wildman–Crippen LogP) is 3.34. The molecule has 2 heterocycles. The van der Waals surface area contributed by atoms with Crippen LogP contribution in [0.3, 0.4) is 0 Å². The summed E-state index contributed by atoms with van der Waals surface area (Å²) in [5, 5.41) is 3.38. The van der Waals surface area contributed by atoms with E-state index in [4.69, 9.17) is 4.98 Å². The van der Waals surface area contributed by atoms with Gasteiger partial charge in [-0.15, -0.1) is 0 Å². The Bertz CT molecular complexity index is 618. The molecule has 3 rings (SSSR count). The number of rotatable bonds is 5. The van der Waals surface area contributed by atoms with Crippen LogP contribution in [0.15, 0.2) is 17.0 Å². The molecular formula is C14H18BrN5. The van der Waals surface area contributed by atoms with Gasteiger partial charge in [-0.1, -0.05) is 6.92 Å². The molecule has 2 aromatic rings. The molecule has 0 spiro atoms. The van der Waals surface area contributed by atoms with Crippen LogP contribution in [0.2, 0.25) is 0 Å². The minimum absolute atomic E-state index is 0.571. The smallest absolute Gasteiger partial charge is 0.180 e. The lowest BCUT2D eigenvalue weighted by molar-refractivity contribution is 0.891. The van der Waals surface area contributed by atoms with E-state index in [0.29, 0.717) is 5.92 Å². The second-order valence-electron chi connectivity index (χ2n) is 5.19. The summed E-state index contributed by atoms with van der Waals surface area (Å²) < 4.78 is 2.96. The molecule has 0 saturated heterocycles. The highest BCUT2D eigenvalue weighted by atomic mass is 79.9. The molecule has 20 heavy (non-hydrogen) atoms. The highest BCUT2D eigenvalue weighted by molar-refractivity contribution is 9.10. The molecule has 1 aliphatic carbocycles. The molecule has 0 bridgehead atoms. The first-order valence-electron chi connectivity index (χ1n) is 6.98. The van der Waals surface area contributed by atoms with E-state index in [9.17, 15) is 0 Å². The van der Waals surface area contributed by atoms with E-state index in [0.717, 1.165) is 40.5 Å². The van der Waals surface area contributed by atoms with Crippen LogP contribution < -0.4 is 5.32 Å². The lowest BCUT2D eigenvalue weighted by atomic mass is 10.2. The summed E-state index contributed by atoms with van der Waals surface area (Å²) in [6.07, 6.45) is 7.08. The van der Waals surface area contributed by atoms with E-state index >= 15 is 0 Å². The van der Waals surface area contributed by atoms with Gasteiger partial charge in [0.15, 0.2) is 5.82 Å². The second-order valence-corrected chi connectivity index (χ2v) is 5.98. The third-order valence-corrected chi connectivity index (χ3v) is 4.21. The van der Waals surface area contributed by atoms with E-state index in [1.54, 1.807) is 6.33 Å². The van der Waals surface area contributed by atoms with Gasteiger partial charge in [0.25, 0.3) is 0 Å². The number of nitrogens with zero attached hydrogens (tertiary/aromatic N) is 4. The van der Waals surface area contributed by atoms with Gasteiger partial charge in [0.2, 0.25) is 0 Å². The summed E-state index contributed by atoms with van der Waals surface area (Å²) in [5.74, 6) is 2.20. The number of imidazole rings is 1. The molecule has 6 heteroatoms. The Labute approximate surface area is 127 Å². The van der Waals surface area contributed by atoms with E-state index in [1.807, 2.05) is 17.8 Å². The first kappa shape index (κ1) is 13.5. The van der Waals surface area contributed by atoms with Crippen LogP contribution in [0.5, 0.6) is 0 Å². The average Bonchev–Trinajstić information content (AvgIpc) is 3.20. The normalized spacial score (nSPS) is 14.6. The van der Waals surface area contributed by atoms with Gasteiger partial charge in [0.05, 0.1) is 22.7 Å². The van der Waals surface area contributed by atoms with Gasteiger partial charge in [-0.05, 0) is 35.2 Å². The highest BCUT2D eigenvalue weighted by Gasteiger charge is 2.29. The molecule has 1 N–H and O–H groups in total. The predicted molar refractivity (Wildman–Crippen MR) is 82.7 cm³/mol. The molecule has 5 nitrogen and oxygen atoms in total. The summed E-state index contributed by atoms with van der Waals surface area (Å²) in [5.41, 5.74) is 2.06. The van der Waals surface area contributed by atoms with E-state index in [1.165, 1.54) is 12.8 Å². The fourth-order valence-electron chi connectivity index (χ4n) is 2.14. The molecule has 0 unspecified atom stereocenters. The monoisotopic (exact) mass is 335 g/mol. The third-order valence-electron chi connectivity index (χ3n) is 3.43. The summed E-state index contributed by atoms with van der Waals surface area (Å²) in [4.78, 5) is 13.6. The van der Waals surface area contributed by atoms with Crippen molar-refractivity contribution in [2.24, 2.45) is 7.05 Å². The number of hydrogen-bond acceptors (Lipinski definition) is 4. The largest absolute Gasteiger partial charge is 0.369 e. The van der Waals surface area contributed by atoms with Gasteiger partial charge in [-0.2, -0.15) is 0 Å². The molecule has 0 radical (unpaired) electrons. The van der Waals surface area contributed by atoms with Gasteiger partial charge in [0.1, 0.15) is 11.5 Å². The van der Waals surface area contributed by atoms with E-state index in [-0.39, 0.29) is 0 Å². The van der Waals surface area contributed by atoms with Crippen molar-refractivity contribution in [2.45, 2.75) is 32.1 Å². The van der Waals surface area contributed by atoms with Crippen molar-refractivity contribution in [1.29, 1.82) is 0 Å². The van der Waals surface area contributed by atoms with Crippen molar-refractivity contribution in [1.82, 2.24) is 19.5 Å². The molecule has 0 aliphatic heterocycles. The van der Waals surface area contributed by atoms with Gasteiger partial charge >= 0.3 is 0 Å². The van der Waals surface area contributed by atoms with Crippen molar-refractivity contribution < 1.29 is 0 Å². The SMILES string of the molecule is CCCNc1nc(-c2cncn2C)nc(C2CC2)c1Br. The fraction of sp³-hybridized carbons (Fsp3) is 0.500. The fourth-order valence-corrected chi connectivity index (χ4v) is 2.78. The molecule has 0 aromatic carbocycles. The number of aromatic nitrogens is 4. The van der Waals surface area contributed by atoms with Crippen molar-refractivity contribution in [3.63, 3.8) is 0 Å². The molecule has 0 atom stereocenters. The summed E-state index contributed by atoms with van der Waals surface area (Å²) in [7, 11) is 1.96. The van der Waals surface area contributed by atoms with Gasteiger partial charge in [-0.25, -0.2) is 15.0 Å². The number of halogens is 1. The maximum Gasteiger partial charge on any atom is 0.180 e. The van der Waals surface area contributed by atoms with Gasteiger partial charge in [-0.3, -0.25) is 0 Å². The zero-order valence-electron chi connectivity index (χ0n) is 11.7. The van der Waals surface area contributed by atoms with Crippen molar-refractivity contribution in [2.75, 3.05) is 11.9 Å². The molecule has 106 valence electrons. The van der Waals surface area contributed by atoms with Gasteiger partial charge < -0.3 is 9.88 Å². The standard InChI is InChI=1S/C14H18BrN5/c1-3-6-17-14-11(15)12(9-4-5-9)18-13(19-14)10-7-16-8-20(10)2/h7-9H,3-6H2,1-2H3,(H,17,18,19).